The Bertz CT molecular complexity index is 1250. The molecule has 0 aliphatic heterocycles. The molecule has 0 aliphatic carbocycles. The summed E-state index contributed by atoms with van der Waals surface area (Å²) in [5.41, 5.74) is 5.31. The third kappa shape index (κ3) is 6.75. The van der Waals surface area contributed by atoms with Gasteiger partial charge in [-0.1, -0.05) is 29.8 Å². The Labute approximate surface area is 209 Å². The van der Waals surface area contributed by atoms with Crippen LogP contribution >= 0.6 is 0 Å². The summed E-state index contributed by atoms with van der Waals surface area (Å²) < 4.78 is 26.9. The number of rotatable bonds is 10. The van der Waals surface area contributed by atoms with Gasteiger partial charge in [-0.2, -0.15) is 5.10 Å². The quantitative estimate of drug-likeness (QED) is 0.197. The first-order valence-electron chi connectivity index (χ1n) is 11.0. The highest BCUT2D eigenvalue weighted by Gasteiger charge is 2.18. The van der Waals surface area contributed by atoms with Crippen molar-refractivity contribution in [1.29, 1.82) is 0 Å². The van der Waals surface area contributed by atoms with Gasteiger partial charge in [0.05, 0.1) is 33.1 Å². The standard InChI is InChI=1S/C27H28N2O7/c1-17-9-10-22(18(2)11-17)35-16-25(30)29-28-15-19-7-6-8-21(12-19)36-27(31)20-13-23(32-3)26(34-5)24(14-20)33-4/h6-15H,16H2,1-5H3,(H,29,30). The van der Waals surface area contributed by atoms with Gasteiger partial charge in [0.2, 0.25) is 5.75 Å². The maximum absolute atomic E-state index is 12.7. The zero-order chi connectivity index (χ0) is 26.1. The predicted octanol–water partition coefficient (Wildman–Crippen LogP) is 4.08. The number of nitrogens with zero attached hydrogens (tertiary/aromatic N) is 1. The highest BCUT2D eigenvalue weighted by Crippen LogP contribution is 2.38. The SMILES string of the molecule is COc1cc(C(=O)Oc2cccc(C=NNC(=O)COc3ccc(C)cc3C)c2)cc(OC)c1OC. The number of hydrogen-bond acceptors (Lipinski definition) is 8. The van der Waals surface area contributed by atoms with E-state index in [2.05, 4.69) is 10.5 Å². The molecule has 188 valence electrons. The Morgan fingerprint density at radius 2 is 1.61 bits per heavy atom. The molecule has 0 bridgehead atoms. The lowest BCUT2D eigenvalue weighted by atomic mass is 10.1. The number of hydrazone groups is 1. The minimum absolute atomic E-state index is 0.173. The zero-order valence-corrected chi connectivity index (χ0v) is 20.8. The third-order valence-electron chi connectivity index (χ3n) is 5.06. The van der Waals surface area contributed by atoms with E-state index >= 15 is 0 Å². The van der Waals surface area contributed by atoms with E-state index in [0.29, 0.717) is 34.3 Å². The number of carbonyl (C=O) groups is 2. The van der Waals surface area contributed by atoms with E-state index in [9.17, 15) is 9.59 Å². The molecule has 36 heavy (non-hydrogen) atoms. The fourth-order valence-electron chi connectivity index (χ4n) is 3.34. The number of esters is 1. The van der Waals surface area contributed by atoms with Crippen LogP contribution in [0.3, 0.4) is 0 Å². The van der Waals surface area contributed by atoms with Gasteiger partial charge in [0.15, 0.2) is 18.1 Å². The maximum atomic E-state index is 12.7. The van der Waals surface area contributed by atoms with Gasteiger partial charge in [0.25, 0.3) is 5.91 Å². The Kier molecular flexibility index (Phi) is 8.88. The van der Waals surface area contributed by atoms with Crippen LogP contribution in [-0.2, 0) is 4.79 Å². The summed E-state index contributed by atoms with van der Waals surface area (Å²) in [5.74, 6) is 0.958. The van der Waals surface area contributed by atoms with Crippen LogP contribution < -0.4 is 29.1 Å². The monoisotopic (exact) mass is 492 g/mol. The average Bonchev–Trinajstić information content (AvgIpc) is 2.87. The van der Waals surface area contributed by atoms with Gasteiger partial charge in [0, 0.05) is 0 Å². The van der Waals surface area contributed by atoms with Crippen LogP contribution in [0.25, 0.3) is 0 Å². The predicted molar refractivity (Wildman–Crippen MR) is 135 cm³/mol. The van der Waals surface area contributed by atoms with E-state index in [4.69, 9.17) is 23.7 Å². The topological polar surface area (TPSA) is 105 Å². The highest BCUT2D eigenvalue weighted by molar-refractivity contribution is 5.93. The number of amides is 1. The number of ether oxygens (including phenoxy) is 5. The maximum Gasteiger partial charge on any atom is 0.343 e. The van der Waals surface area contributed by atoms with Crippen LogP contribution in [0.4, 0.5) is 0 Å². The average molecular weight is 493 g/mol. The summed E-state index contributed by atoms with van der Waals surface area (Å²) in [6, 6.07) is 15.4. The van der Waals surface area contributed by atoms with Gasteiger partial charge in [-0.25, -0.2) is 10.2 Å². The molecule has 0 heterocycles. The second-order valence-electron chi connectivity index (χ2n) is 7.73. The summed E-state index contributed by atoms with van der Waals surface area (Å²) >= 11 is 0. The Balaban J connectivity index is 1.60. The van der Waals surface area contributed by atoms with E-state index in [0.717, 1.165) is 11.1 Å². The van der Waals surface area contributed by atoms with E-state index in [1.807, 2.05) is 32.0 Å². The lowest BCUT2D eigenvalue weighted by molar-refractivity contribution is -0.123. The van der Waals surface area contributed by atoms with Crippen molar-refractivity contribution < 1.29 is 33.3 Å². The molecule has 1 amide bonds. The lowest BCUT2D eigenvalue weighted by Crippen LogP contribution is -2.24. The molecule has 0 atom stereocenters. The fraction of sp³-hybridized carbons (Fsp3) is 0.222. The first kappa shape index (κ1) is 26.1. The Morgan fingerprint density at radius 3 is 2.25 bits per heavy atom. The number of methoxy groups -OCH3 is 3. The van der Waals surface area contributed by atoms with Gasteiger partial charge in [-0.05, 0) is 55.3 Å². The molecule has 3 aromatic carbocycles. The van der Waals surface area contributed by atoms with Crippen molar-refractivity contribution in [2.24, 2.45) is 5.10 Å². The molecule has 9 nitrogen and oxygen atoms in total. The summed E-state index contributed by atoms with van der Waals surface area (Å²) in [5, 5.41) is 3.94. The molecule has 0 saturated heterocycles. The van der Waals surface area contributed by atoms with Crippen molar-refractivity contribution in [1.82, 2.24) is 5.43 Å². The highest BCUT2D eigenvalue weighted by atomic mass is 16.5. The number of benzene rings is 3. The largest absolute Gasteiger partial charge is 0.493 e. The molecule has 0 saturated carbocycles. The minimum atomic E-state index is -0.611. The Morgan fingerprint density at radius 1 is 0.889 bits per heavy atom. The van der Waals surface area contributed by atoms with Crippen molar-refractivity contribution in [3.05, 3.63) is 76.9 Å². The lowest BCUT2D eigenvalue weighted by Gasteiger charge is -2.13. The van der Waals surface area contributed by atoms with E-state index in [1.165, 1.54) is 39.7 Å². The van der Waals surface area contributed by atoms with Crippen molar-refractivity contribution >= 4 is 18.1 Å². The number of aryl methyl sites for hydroxylation is 2. The van der Waals surface area contributed by atoms with Crippen LogP contribution in [0.2, 0.25) is 0 Å². The molecule has 0 radical (unpaired) electrons. The number of hydrogen-bond donors (Lipinski definition) is 1. The second kappa shape index (κ2) is 12.3. The minimum Gasteiger partial charge on any atom is -0.493 e. The molecular weight excluding hydrogens is 464 g/mol. The summed E-state index contributed by atoms with van der Waals surface area (Å²) in [7, 11) is 4.40. The molecule has 3 aromatic rings. The molecule has 3 rings (SSSR count). The smallest absolute Gasteiger partial charge is 0.343 e. The summed E-state index contributed by atoms with van der Waals surface area (Å²) in [6.45, 7) is 3.73. The van der Waals surface area contributed by atoms with Gasteiger partial charge < -0.3 is 23.7 Å². The zero-order valence-electron chi connectivity index (χ0n) is 20.8. The van der Waals surface area contributed by atoms with Crippen molar-refractivity contribution in [3.8, 4) is 28.7 Å². The fourth-order valence-corrected chi connectivity index (χ4v) is 3.34. The molecule has 0 spiro atoms. The molecule has 0 aromatic heterocycles. The van der Waals surface area contributed by atoms with Gasteiger partial charge >= 0.3 is 5.97 Å². The molecule has 9 heteroatoms. The first-order valence-corrected chi connectivity index (χ1v) is 11.0. The van der Waals surface area contributed by atoms with Gasteiger partial charge in [0.1, 0.15) is 11.5 Å². The van der Waals surface area contributed by atoms with Crippen molar-refractivity contribution in [3.63, 3.8) is 0 Å². The normalized spacial score (nSPS) is 10.6. The van der Waals surface area contributed by atoms with Crippen LogP contribution in [0.15, 0.2) is 59.7 Å². The van der Waals surface area contributed by atoms with E-state index < -0.39 is 11.9 Å². The molecule has 0 aliphatic rings. The van der Waals surface area contributed by atoms with E-state index in [-0.39, 0.29) is 12.2 Å². The van der Waals surface area contributed by atoms with Crippen LogP contribution in [0, 0.1) is 13.8 Å². The number of nitrogens with one attached hydrogen (secondary N) is 1. The van der Waals surface area contributed by atoms with Crippen molar-refractivity contribution in [2.75, 3.05) is 27.9 Å². The van der Waals surface area contributed by atoms with Gasteiger partial charge in [-0.15, -0.1) is 0 Å². The van der Waals surface area contributed by atoms with E-state index in [1.54, 1.807) is 24.3 Å². The molecule has 0 unspecified atom stereocenters. The van der Waals surface area contributed by atoms with Crippen LogP contribution in [0.5, 0.6) is 28.7 Å². The second-order valence-corrected chi connectivity index (χ2v) is 7.73. The van der Waals surface area contributed by atoms with Crippen LogP contribution in [-0.4, -0.2) is 46.0 Å². The van der Waals surface area contributed by atoms with Gasteiger partial charge in [-0.3, -0.25) is 4.79 Å². The molecule has 0 fully saturated rings. The summed E-state index contributed by atoms with van der Waals surface area (Å²) in [6.07, 6.45) is 1.44. The number of carbonyl (C=O) groups excluding carboxylic acids is 2. The van der Waals surface area contributed by atoms with Crippen molar-refractivity contribution in [2.45, 2.75) is 13.8 Å². The summed E-state index contributed by atoms with van der Waals surface area (Å²) in [4.78, 5) is 24.8. The third-order valence-corrected chi connectivity index (χ3v) is 5.06. The van der Waals surface area contributed by atoms with Crippen LogP contribution in [0.1, 0.15) is 27.0 Å². The Hall–Kier alpha value is -4.53. The first-order chi connectivity index (χ1) is 17.3. The molecular formula is C27H28N2O7. The molecule has 1 N–H and O–H groups in total.